The van der Waals surface area contributed by atoms with Gasteiger partial charge in [-0.05, 0) is 40.3 Å². The van der Waals surface area contributed by atoms with Gasteiger partial charge < -0.3 is 5.73 Å². The second-order valence-corrected chi connectivity index (χ2v) is 3.59. The van der Waals surface area contributed by atoms with Crippen LogP contribution in [0.15, 0.2) is 15.9 Å². The molecule has 0 aromatic carbocycles. The largest absolute Gasteiger partial charge is 0.330 e. The summed E-state index contributed by atoms with van der Waals surface area (Å²) in [5, 5.41) is 2.06. The van der Waals surface area contributed by atoms with Gasteiger partial charge in [-0.1, -0.05) is 0 Å². The Morgan fingerprint density at radius 3 is 2.89 bits per heavy atom. The maximum Gasteiger partial charge on any atom is 0.0314 e. The number of thiophene rings is 1. The summed E-state index contributed by atoms with van der Waals surface area (Å²) < 4.78 is 1.19. The molecule has 1 aromatic rings. The topological polar surface area (TPSA) is 26.0 Å². The van der Waals surface area contributed by atoms with E-state index in [1.54, 1.807) is 11.3 Å². The second kappa shape index (κ2) is 3.34. The fourth-order valence-electron chi connectivity index (χ4n) is 0.635. The zero-order valence-corrected chi connectivity index (χ0v) is 7.33. The molecule has 0 spiro atoms. The lowest BCUT2D eigenvalue weighted by atomic mass is 10.3. The zero-order chi connectivity index (χ0) is 6.69. The van der Waals surface area contributed by atoms with E-state index in [0.29, 0.717) is 0 Å². The molecule has 0 radical (unpaired) electrons. The summed E-state index contributed by atoms with van der Waals surface area (Å²) in [5.41, 5.74) is 5.37. The number of hydrogen-bond donors (Lipinski definition) is 1. The van der Waals surface area contributed by atoms with Crippen LogP contribution < -0.4 is 5.73 Å². The molecule has 1 heterocycles. The van der Waals surface area contributed by atoms with Gasteiger partial charge in [-0.25, -0.2) is 0 Å². The first kappa shape index (κ1) is 7.25. The molecule has 2 N–H and O–H groups in total. The van der Waals surface area contributed by atoms with Gasteiger partial charge in [0.1, 0.15) is 0 Å². The van der Waals surface area contributed by atoms with E-state index in [0.717, 1.165) is 13.0 Å². The summed E-state index contributed by atoms with van der Waals surface area (Å²) in [6.45, 7) is 0.735. The molecule has 0 atom stereocenters. The molecular formula is C6H8BrNS. The van der Waals surface area contributed by atoms with Gasteiger partial charge in [-0.2, -0.15) is 0 Å². The molecule has 0 bridgehead atoms. The Morgan fingerprint density at radius 1 is 1.67 bits per heavy atom. The van der Waals surface area contributed by atoms with Crippen LogP contribution in [-0.4, -0.2) is 6.54 Å². The minimum Gasteiger partial charge on any atom is -0.330 e. The van der Waals surface area contributed by atoms with E-state index >= 15 is 0 Å². The minimum atomic E-state index is 0.735. The monoisotopic (exact) mass is 205 g/mol. The average molecular weight is 206 g/mol. The standard InChI is InChI=1S/C6H8BrNS/c7-5-2-4-9-6(5)1-3-8/h2,4H,1,3,8H2. The molecule has 50 valence electrons. The van der Waals surface area contributed by atoms with Gasteiger partial charge in [-0.15, -0.1) is 11.3 Å². The summed E-state index contributed by atoms with van der Waals surface area (Å²) in [6.07, 6.45) is 0.984. The fraction of sp³-hybridized carbons (Fsp3) is 0.333. The lowest BCUT2D eigenvalue weighted by molar-refractivity contribution is 0.984. The van der Waals surface area contributed by atoms with Gasteiger partial charge in [0.25, 0.3) is 0 Å². The summed E-state index contributed by atoms with van der Waals surface area (Å²) in [5.74, 6) is 0. The lowest BCUT2D eigenvalue weighted by Crippen LogP contribution is -2.01. The van der Waals surface area contributed by atoms with Crippen molar-refractivity contribution in [1.29, 1.82) is 0 Å². The van der Waals surface area contributed by atoms with Gasteiger partial charge >= 0.3 is 0 Å². The molecule has 3 heteroatoms. The second-order valence-electron chi connectivity index (χ2n) is 1.73. The van der Waals surface area contributed by atoms with Crippen LogP contribution in [0.25, 0.3) is 0 Å². The first-order valence-electron chi connectivity index (χ1n) is 2.76. The molecule has 1 nitrogen and oxygen atoms in total. The van der Waals surface area contributed by atoms with Crippen molar-refractivity contribution in [2.75, 3.05) is 6.54 Å². The quantitative estimate of drug-likeness (QED) is 0.786. The van der Waals surface area contributed by atoms with E-state index in [9.17, 15) is 0 Å². The Labute approximate surface area is 67.0 Å². The van der Waals surface area contributed by atoms with E-state index < -0.39 is 0 Å². The van der Waals surface area contributed by atoms with Crippen LogP contribution in [0, 0.1) is 0 Å². The van der Waals surface area contributed by atoms with Crippen LogP contribution in [-0.2, 0) is 6.42 Å². The molecule has 0 aliphatic rings. The van der Waals surface area contributed by atoms with Crippen LogP contribution in [0.5, 0.6) is 0 Å². The van der Waals surface area contributed by atoms with E-state index in [1.165, 1.54) is 9.35 Å². The maximum atomic E-state index is 5.37. The predicted octanol–water partition coefficient (Wildman–Crippen LogP) is 2.01. The van der Waals surface area contributed by atoms with Crippen LogP contribution in [0.3, 0.4) is 0 Å². The molecule has 1 aromatic heterocycles. The molecule has 9 heavy (non-hydrogen) atoms. The highest BCUT2D eigenvalue weighted by molar-refractivity contribution is 9.10. The van der Waals surface area contributed by atoms with Crippen molar-refractivity contribution in [3.05, 3.63) is 20.8 Å². The van der Waals surface area contributed by atoms with E-state index in [4.69, 9.17) is 5.73 Å². The third-order valence-electron chi connectivity index (χ3n) is 1.06. The summed E-state index contributed by atoms with van der Waals surface area (Å²) in [6, 6.07) is 2.05. The summed E-state index contributed by atoms with van der Waals surface area (Å²) in [4.78, 5) is 1.34. The lowest BCUT2D eigenvalue weighted by Gasteiger charge is -1.91. The Morgan fingerprint density at radius 2 is 2.44 bits per heavy atom. The molecule has 0 saturated heterocycles. The SMILES string of the molecule is NCCc1sccc1Br. The molecular weight excluding hydrogens is 198 g/mol. The number of rotatable bonds is 2. The Bertz CT molecular complexity index is 185. The zero-order valence-electron chi connectivity index (χ0n) is 4.93. The highest BCUT2D eigenvalue weighted by atomic mass is 79.9. The van der Waals surface area contributed by atoms with Crippen LogP contribution in [0.2, 0.25) is 0 Å². The Kier molecular flexibility index (Phi) is 2.69. The van der Waals surface area contributed by atoms with Gasteiger partial charge in [0.2, 0.25) is 0 Å². The molecule has 0 aliphatic heterocycles. The first-order chi connectivity index (χ1) is 4.34. The van der Waals surface area contributed by atoms with E-state index in [1.807, 2.05) is 0 Å². The summed E-state index contributed by atoms with van der Waals surface area (Å²) in [7, 11) is 0. The van der Waals surface area contributed by atoms with Crippen LogP contribution >= 0.6 is 27.3 Å². The number of nitrogens with two attached hydrogens (primary N) is 1. The molecule has 0 aliphatic carbocycles. The Hall–Kier alpha value is 0.140. The van der Waals surface area contributed by atoms with Gasteiger partial charge in [-0.3, -0.25) is 0 Å². The van der Waals surface area contributed by atoms with Gasteiger partial charge in [0.05, 0.1) is 0 Å². The predicted molar refractivity (Wildman–Crippen MR) is 44.8 cm³/mol. The van der Waals surface area contributed by atoms with Gasteiger partial charge in [0.15, 0.2) is 0 Å². The fourth-order valence-corrected chi connectivity index (χ4v) is 2.21. The Balaban J connectivity index is 2.69. The normalized spacial score (nSPS) is 10.0. The van der Waals surface area contributed by atoms with Gasteiger partial charge in [0, 0.05) is 9.35 Å². The minimum absolute atomic E-state index is 0.735. The van der Waals surface area contributed by atoms with Crippen molar-refractivity contribution in [2.45, 2.75) is 6.42 Å². The highest BCUT2D eigenvalue weighted by Crippen LogP contribution is 2.22. The highest BCUT2D eigenvalue weighted by Gasteiger charge is 1.97. The van der Waals surface area contributed by atoms with Crippen molar-refractivity contribution in [3.63, 3.8) is 0 Å². The van der Waals surface area contributed by atoms with Crippen LogP contribution in [0.4, 0.5) is 0 Å². The van der Waals surface area contributed by atoms with E-state index in [-0.39, 0.29) is 0 Å². The van der Waals surface area contributed by atoms with Crippen molar-refractivity contribution in [1.82, 2.24) is 0 Å². The average Bonchev–Trinajstić information content (AvgIpc) is 2.18. The molecule has 1 rings (SSSR count). The molecule has 0 amide bonds. The summed E-state index contributed by atoms with van der Waals surface area (Å²) >= 11 is 5.17. The smallest absolute Gasteiger partial charge is 0.0314 e. The van der Waals surface area contributed by atoms with Crippen molar-refractivity contribution < 1.29 is 0 Å². The van der Waals surface area contributed by atoms with Crippen molar-refractivity contribution >= 4 is 27.3 Å². The third-order valence-corrected chi connectivity index (χ3v) is 3.05. The van der Waals surface area contributed by atoms with E-state index in [2.05, 4.69) is 27.4 Å². The van der Waals surface area contributed by atoms with Crippen molar-refractivity contribution in [2.24, 2.45) is 5.73 Å². The van der Waals surface area contributed by atoms with Crippen LogP contribution in [0.1, 0.15) is 4.88 Å². The molecule has 0 saturated carbocycles. The van der Waals surface area contributed by atoms with Crippen molar-refractivity contribution in [3.8, 4) is 0 Å². The first-order valence-corrected chi connectivity index (χ1v) is 4.44. The third kappa shape index (κ3) is 1.78. The number of hydrogen-bond acceptors (Lipinski definition) is 2. The number of halogens is 1. The molecule has 0 fully saturated rings. The molecule has 0 unspecified atom stereocenters. The maximum absolute atomic E-state index is 5.37.